The van der Waals surface area contributed by atoms with Crippen molar-refractivity contribution in [2.24, 2.45) is 16.6 Å². The Morgan fingerprint density at radius 3 is 2.66 bits per heavy atom. The van der Waals surface area contributed by atoms with Gasteiger partial charge < -0.3 is 15.0 Å². The van der Waals surface area contributed by atoms with E-state index in [1.165, 1.54) is 25.0 Å². The van der Waals surface area contributed by atoms with Crippen LogP contribution in [0.2, 0.25) is 0 Å². The van der Waals surface area contributed by atoms with Crippen LogP contribution in [0.3, 0.4) is 0 Å². The fourth-order valence-electron chi connectivity index (χ4n) is 5.07. The monoisotopic (exact) mass is 584 g/mol. The van der Waals surface area contributed by atoms with Crippen LogP contribution in [0, 0.1) is 11.7 Å². The number of nitrogens with two attached hydrogens (primary N) is 1. The molecule has 2 aliphatic rings. The van der Waals surface area contributed by atoms with Crippen LogP contribution < -0.4 is 10.6 Å². The van der Waals surface area contributed by atoms with Gasteiger partial charge in [0.1, 0.15) is 17.2 Å². The number of hydrogen-bond donors (Lipinski definition) is 1. The second kappa shape index (κ2) is 11.0. The first kappa shape index (κ1) is 28.9. The Morgan fingerprint density at radius 1 is 1.34 bits per heavy atom. The largest absolute Gasteiger partial charge is 0.481 e. The number of benzene rings is 1. The predicted molar refractivity (Wildman–Crippen MR) is 156 cm³/mol. The summed E-state index contributed by atoms with van der Waals surface area (Å²) in [6.07, 6.45) is 3.74. The van der Waals surface area contributed by atoms with Crippen molar-refractivity contribution in [2.45, 2.75) is 64.6 Å². The number of aromatic nitrogens is 5. The van der Waals surface area contributed by atoms with E-state index in [9.17, 15) is 9.18 Å². The standard InChI is InChI=1S/C28H35F2N8O2P/c1-6-36-14-20(28(3,30)41)33-25(36)18-10-9-17(13-19(18)29)15(2)38-21(39)11-12-37-27(38)34-24(35-37)22(26(32-4)40-5)23(31)16-7-8-16/h9-10,13-16H,6-8,11-12,31,41H2,1-5H3/t15-,28?/m0/s1. The van der Waals surface area contributed by atoms with Crippen molar-refractivity contribution < 1.29 is 18.3 Å². The molecule has 0 saturated heterocycles. The fraction of sp³-hybridized carbons (Fsp3) is 0.464. The second-order valence-corrected chi connectivity index (χ2v) is 11.6. The molecule has 0 bridgehead atoms. The van der Waals surface area contributed by atoms with Gasteiger partial charge in [-0.2, -0.15) is 4.98 Å². The average molecular weight is 585 g/mol. The lowest BCUT2D eigenvalue weighted by atomic mass is 10.0. The van der Waals surface area contributed by atoms with E-state index in [4.69, 9.17) is 15.5 Å². The number of halogens is 2. The van der Waals surface area contributed by atoms with Crippen LogP contribution in [-0.4, -0.2) is 50.3 Å². The number of ether oxygens (including phenoxy) is 1. The van der Waals surface area contributed by atoms with Crippen LogP contribution in [0.4, 0.5) is 14.7 Å². The zero-order valence-electron chi connectivity index (χ0n) is 23.9. The Hall–Kier alpha value is -3.66. The molecule has 3 atom stereocenters. The maximum absolute atomic E-state index is 15.6. The molecule has 2 aromatic heterocycles. The van der Waals surface area contributed by atoms with Gasteiger partial charge in [-0.05, 0) is 57.2 Å². The molecule has 1 aliphatic heterocycles. The summed E-state index contributed by atoms with van der Waals surface area (Å²) in [6, 6.07) is 4.19. The lowest BCUT2D eigenvalue weighted by molar-refractivity contribution is -0.120. The van der Waals surface area contributed by atoms with E-state index >= 15 is 4.39 Å². The fourth-order valence-corrected chi connectivity index (χ4v) is 5.21. The van der Waals surface area contributed by atoms with Gasteiger partial charge in [-0.15, -0.1) is 5.10 Å². The summed E-state index contributed by atoms with van der Waals surface area (Å²) in [7, 11) is 5.24. The van der Waals surface area contributed by atoms with Crippen molar-refractivity contribution in [3.05, 3.63) is 53.0 Å². The molecule has 3 heterocycles. The minimum atomic E-state index is -1.74. The molecule has 3 aromatic rings. The molecule has 10 nitrogen and oxygen atoms in total. The van der Waals surface area contributed by atoms with E-state index < -0.39 is 17.3 Å². The molecule has 13 heteroatoms. The number of aliphatic imine (C=N–C) groups is 1. The Labute approximate surface area is 239 Å². The third kappa shape index (κ3) is 5.37. The van der Waals surface area contributed by atoms with E-state index in [1.54, 1.807) is 34.6 Å². The van der Waals surface area contributed by atoms with Crippen molar-refractivity contribution in [1.82, 2.24) is 24.3 Å². The van der Waals surface area contributed by atoms with Crippen LogP contribution in [-0.2, 0) is 28.0 Å². The van der Waals surface area contributed by atoms with Crippen molar-refractivity contribution >= 4 is 32.6 Å². The molecule has 5 rings (SSSR count). The number of amides is 1. The van der Waals surface area contributed by atoms with Crippen LogP contribution in [0.5, 0.6) is 0 Å². The number of anilines is 1. The molecule has 1 aromatic carbocycles. The summed E-state index contributed by atoms with van der Waals surface area (Å²) >= 11 is 0. The number of carbonyl (C=O) groups excluding carboxylic acids is 1. The van der Waals surface area contributed by atoms with Crippen molar-refractivity contribution in [2.75, 3.05) is 19.1 Å². The molecule has 1 saturated carbocycles. The highest BCUT2D eigenvalue weighted by atomic mass is 31.0. The highest BCUT2D eigenvalue weighted by Crippen LogP contribution is 2.39. The molecule has 1 aliphatic carbocycles. The highest BCUT2D eigenvalue weighted by molar-refractivity contribution is 7.18. The molecule has 41 heavy (non-hydrogen) atoms. The molecule has 1 fully saturated rings. The van der Waals surface area contributed by atoms with Crippen LogP contribution in [0.1, 0.15) is 63.2 Å². The normalized spacial score (nSPS) is 18.6. The number of fused-ring (bicyclic) bond motifs is 1. The lowest BCUT2D eigenvalue weighted by Crippen LogP contribution is -2.39. The maximum Gasteiger partial charge on any atom is 0.231 e. The van der Waals surface area contributed by atoms with Gasteiger partial charge in [-0.3, -0.25) is 14.7 Å². The molecule has 0 radical (unpaired) electrons. The molecule has 2 N–H and O–H groups in total. The number of methoxy groups -OCH3 is 1. The third-order valence-electron chi connectivity index (χ3n) is 7.54. The SMILES string of the molecule is CCn1cc(C(C)(F)P)nc1-c1ccc([C@H](C)N2C(=O)CCn3nc(C(C(=NC)OC)=C(N)C4CC4)nc32)cc1F. The van der Waals surface area contributed by atoms with Crippen molar-refractivity contribution in [3.63, 3.8) is 0 Å². The molecule has 2 unspecified atom stereocenters. The van der Waals surface area contributed by atoms with E-state index in [2.05, 4.69) is 24.3 Å². The predicted octanol–water partition coefficient (Wildman–Crippen LogP) is 4.57. The number of carbonyl (C=O) groups is 1. The van der Waals surface area contributed by atoms with Gasteiger partial charge in [-0.1, -0.05) is 15.3 Å². The topological polar surface area (TPSA) is 116 Å². The number of imidazole rings is 1. The average Bonchev–Trinajstić information content (AvgIpc) is 3.55. The Bertz CT molecular complexity index is 1550. The van der Waals surface area contributed by atoms with E-state index in [1.807, 2.05) is 13.8 Å². The van der Waals surface area contributed by atoms with Gasteiger partial charge in [0.05, 0.1) is 31.0 Å². The van der Waals surface area contributed by atoms with E-state index in [0.29, 0.717) is 53.4 Å². The van der Waals surface area contributed by atoms with Gasteiger partial charge in [0.2, 0.25) is 17.8 Å². The first-order chi connectivity index (χ1) is 19.5. The Morgan fingerprint density at radius 2 is 2.07 bits per heavy atom. The van der Waals surface area contributed by atoms with Gasteiger partial charge >= 0.3 is 0 Å². The molecular weight excluding hydrogens is 549 g/mol. The van der Waals surface area contributed by atoms with E-state index in [0.717, 1.165) is 12.8 Å². The molecule has 1 amide bonds. The Balaban J connectivity index is 1.51. The maximum atomic E-state index is 15.6. The summed E-state index contributed by atoms with van der Waals surface area (Å²) in [6.45, 7) is 5.93. The zero-order chi connectivity index (χ0) is 29.6. The number of nitrogens with zero attached hydrogens (tertiary/aromatic N) is 7. The van der Waals surface area contributed by atoms with Crippen LogP contribution in [0.15, 0.2) is 35.1 Å². The molecular formula is C28H35F2N8O2P. The molecule has 218 valence electrons. The minimum absolute atomic E-state index is 0.154. The van der Waals surface area contributed by atoms with Crippen LogP contribution >= 0.6 is 9.24 Å². The first-order valence-corrected chi connectivity index (χ1v) is 14.2. The van der Waals surface area contributed by atoms with Gasteiger partial charge in [0.15, 0.2) is 11.2 Å². The second-order valence-electron chi connectivity index (χ2n) is 10.5. The van der Waals surface area contributed by atoms with Gasteiger partial charge in [-0.25, -0.2) is 18.4 Å². The minimum Gasteiger partial charge on any atom is -0.481 e. The number of allylic oxidation sites excluding steroid dienone is 1. The first-order valence-electron chi connectivity index (χ1n) is 13.6. The van der Waals surface area contributed by atoms with Crippen molar-refractivity contribution in [3.8, 4) is 11.4 Å². The van der Waals surface area contributed by atoms with Gasteiger partial charge in [0.25, 0.3) is 0 Å². The number of rotatable bonds is 8. The number of hydrogen-bond acceptors (Lipinski definition) is 7. The van der Waals surface area contributed by atoms with Gasteiger partial charge in [0, 0.05) is 31.9 Å². The number of aryl methyl sites for hydroxylation is 2. The summed E-state index contributed by atoms with van der Waals surface area (Å²) in [5, 5.41) is 2.93. The number of alkyl halides is 1. The van der Waals surface area contributed by atoms with Crippen LogP contribution in [0.25, 0.3) is 17.0 Å². The summed E-state index contributed by atoms with van der Waals surface area (Å²) in [4.78, 5) is 28.1. The summed E-state index contributed by atoms with van der Waals surface area (Å²) < 4.78 is 39.0. The van der Waals surface area contributed by atoms with E-state index in [-0.39, 0.29) is 29.5 Å². The zero-order valence-corrected chi connectivity index (χ0v) is 25.0. The Kier molecular flexibility index (Phi) is 7.72. The lowest BCUT2D eigenvalue weighted by Gasteiger charge is -2.31. The summed E-state index contributed by atoms with van der Waals surface area (Å²) in [5.41, 5.74) is 8.63. The summed E-state index contributed by atoms with van der Waals surface area (Å²) in [5.74, 6) is 0.866. The van der Waals surface area contributed by atoms with Crippen molar-refractivity contribution in [1.29, 1.82) is 0 Å². The smallest absolute Gasteiger partial charge is 0.231 e. The third-order valence-corrected chi connectivity index (χ3v) is 7.83. The quantitative estimate of drug-likeness (QED) is 0.236. The highest BCUT2D eigenvalue weighted by Gasteiger charge is 2.36. The molecule has 0 spiro atoms.